The summed E-state index contributed by atoms with van der Waals surface area (Å²) in [7, 11) is 0. The molecule has 0 amide bonds. The SMILES string of the molecule is CC/C=C1/C=CC=C/C1=N/CC. The smallest absolute Gasteiger partial charge is 0.0643 e. The van der Waals surface area contributed by atoms with E-state index in [-0.39, 0.29) is 0 Å². The molecule has 1 aliphatic carbocycles. The molecule has 0 aromatic heterocycles. The van der Waals surface area contributed by atoms with Gasteiger partial charge in [0.15, 0.2) is 0 Å². The third-order valence-corrected chi connectivity index (χ3v) is 1.69. The first-order valence-corrected chi connectivity index (χ1v) is 4.48. The Bertz CT molecular complexity index is 226. The molecule has 0 fully saturated rings. The quantitative estimate of drug-likeness (QED) is 0.590. The van der Waals surface area contributed by atoms with E-state index >= 15 is 0 Å². The third kappa shape index (κ3) is 2.19. The van der Waals surface area contributed by atoms with Crippen LogP contribution in [-0.4, -0.2) is 12.3 Å². The molecule has 0 atom stereocenters. The minimum absolute atomic E-state index is 0.856. The molecule has 0 aromatic rings. The van der Waals surface area contributed by atoms with E-state index in [0.29, 0.717) is 0 Å². The Morgan fingerprint density at radius 3 is 2.67 bits per heavy atom. The van der Waals surface area contributed by atoms with Crippen molar-refractivity contribution in [2.24, 2.45) is 4.99 Å². The summed E-state index contributed by atoms with van der Waals surface area (Å²) in [5.41, 5.74) is 2.36. The molecule has 1 rings (SSSR count). The van der Waals surface area contributed by atoms with Crippen molar-refractivity contribution >= 4 is 5.71 Å². The zero-order valence-electron chi connectivity index (χ0n) is 7.75. The van der Waals surface area contributed by atoms with Crippen molar-refractivity contribution in [3.63, 3.8) is 0 Å². The molecule has 0 N–H and O–H groups in total. The van der Waals surface area contributed by atoms with Gasteiger partial charge in [-0.25, -0.2) is 0 Å². The second-order valence-electron chi connectivity index (χ2n) is 2.65. The minimum Gasteiger partial charge on any atom is -0.285 e. The van der Waals surface area contributed by atoms with Gasteiger partial charge in [-0.3, -0.25) is 4.99 Å². The summed E-state index contributed by atoms with van der Waals surface area (Å²) in [6.07, 6.45) is 11.5. The van der Waals surface area contributed by atoms with E-state index in [9.17, 15) is 0 Å². The lowest BCUT2D eigenvalue weighted by Crippen LogP contribution is -2.00. The van der Waals surface area contributed by atoms with E-state index in [1.165, 1.54) is 5.57 Å². The van der Waals surface area contributed by atoms with Crippen LogP contribution in [0, 0.1) is 0 Å². The fourth-order valence-corrected chi connectivity index (χ4v) is 1.19. The fraction of sp³-hybridized carbons (Fsp3) is 0.364. The lowest BCUT2D eigenvalue weighted by atomic mass is 10.0. The molecule has 0 saturated heterocycles. The van der Waals surface area contributed by atoms with Crippen molar-refractivity contribution < 1.29 is 0 Å². The Morgan fingerprint density at radius 1 is 1.25 bits per heavy atom. The predicted octanol–water partition coefficient (Wildman–Crippen LogP) is 2.91. The van der Waals surface area contributed by atoms with Crippen molar-refractivity contribution in [2.75, 3.05) is 6.54 Å². The van der Waals surface area contributed by atoms with Crippen LogP contribution in [0.25, 0.3) is 0 Å². The number of allylic oxidation sites excluding steroid dienone is 6. The second kappa shape index (κ2) is 4.70. The Kier molecular flexibility index (Phi) is 3.52. The normalized spacial score (nSPS) is 22.5. The molecule has 1 nitrogen and oxygen atoms in total. The Hall–Kier alpha value is -1.11. The van der Waals surface area contributed by atoms with Gasteiger partial charge in [0.05, 0.1) is 5.71 Å². The minimum atomic E-state index is 0.856. The topological polar surface area (TPSA) is 12.4 Å². The average Bonchev–Trinajstić information content (AvgIpc) is 2.09. The Balaban J connectivity index is 2.85. The second-order valence-corrected chi connectivity index (χ2v) is 2.65. The van der Waals surface area contributed by atoms with E-state index < -0.39 is 0 Å². The van der Waals surface area contributed by atoms with Crippen LogP contribution in [0.4, 0.5) is 0 Å². The van der Waals surface area contributed by atoms with Gasteiger partial charge in [-0.15, -0.1) is 0 Å². The van der Waals surface area contributed by atoms with Gasteiger partial charge in [-0.2, -0.15) is 0 Å². The summed E-state index contributed by atoms with van der Waals surface area (Å²) >= 11 is 0. The average molecular weight is 161 g/mol. The molecule has 64 valence electrons. The monoisotopic (exact) mass is 161 g/mol. The molecule has 0 spiro atoms. The number of hydrogen-bond acceptors (Lipinski definition) is 1. The maximum Gasteiger partial charge on any atom is 0.0643 e. The van der Waals surface area contributed by atoms with Gasteiger partial charge >= 0.3 is 0 Å². The molecule has 0 radical (unpaired) electrons. The summed E-state index contributed by atoms with van der Waals surface area (Å²) in [5.74, 6) is 0. The lowest BCUT2D eigenvalue weighted by molar-refractivity contribution is 1.13. The molecular weight excluding hydrogens is 146 g/mol. The fourth-order valence-electron chi connectivity index (χ4n) is 1.19. The van der Waals surface area contributed by atoms with Gasteiger partial charge in [0, 0.05) is 6.54 Å². The molecule has 0 unspecified atom stereocenters. The highest BCUT2D eigenvalue weighted by atomic mass is 14.7. The highest BCUT2D eigenvalue weighted by molar-refractivity contribution is 6.11. The van der Waals surface area contributed by atoms with E-state index in [0.717, 1.165) is 18.7 Å². The van der Waals surface area contributed by atoms with E-state index in [4.69, 9.17) is 0 Å². The van der Waals surface area contributed by atoms with Crippen molar-refractivity contribution in [3.05, 3.63) is 36.0 Å². The van der Waals surface area contributed by atoms with Gasteiger partial charge in [-0.05, 0) is 25.0 Å². The van der Waals surface area contributed by atoms with Crippen molar-refractivity contribution in [2.45, 2.75) is 20.3 Å². The van der Waals surface area contributed by atoms with E-state index in [1.54, 1.807) is 0 Å². The van der Waals surface area contributed by atoms with Crippen LogP contribution in [0.5, 0.6) is 0 Å². The molecule has 12 heavy (non-hydrogen) atoms. The zero-order chi connectivity index (χ0) is 8.81. The number of aliphatic imine (C=N–C) groups is 1. The first-order chi connectivity index (χ1) is 5.88. The summed E-state index contributed by atoms with van der Waals surface area (Å²) < 4.78 is 0. The van der Waals surface area contributed by atoms with Crippen LogP contribution in [0.15, 0.2) is 40.9 Å². The van der Waals surface area contributed by atoms with Crippen LogP contribution in [0.2, 0.25) is 0 Å². The number of hydrogen-bond donors (Lipinski definition) is 0. The van der Waals surface area contributed by atoms with Crippen LogP contribution < -0.4 is 0 Å². The van der Waals surface area contributed by atoms with Crippen LogP contribution in [0.3, 0.4) is 0 Å². The van der Waals surface area contributed by atoms with Crippen LogP contribution in [-0.2, 0) is 0 Å². The van der Waals surface area contributed by atoms with E-state index in [2.05, 4.69) is 43.1 Å². The summed E-state index contributed by atoms with van der Waals surface area (Å²) in [6, 6.07) is 0. The number of nitrogens with zero attached hydrogens (tertiary/aromatic N) is 1. The standard InChI is InChI=1S/C11H15N/c1-3-7-10-8-5-6-9-11(10)12-4-2/h5-9H,3-4H2,1-2H3/b10-7-,12-11-. The molecule has 1 aliphatic rings. The first kappa shape index (κ1) is 8.98. The number of rotatable bonds is 2. The molecule has 0 aliphatic heterocycles. The highest BCUT2D eigenvalue weighted by Crippen LogP contribution is 2.09. The Labute approximate surface area is 74.2 Å². The van der Waals surface area contributed by atoms with Crippen molar-refractivity contribution in [1.29, 1.82) is 0 Å². The Morgan fingerprint density at radius 2 is 2.00 bits per heavy atom. The molecule has 0 heterocycles. The third-order valence-electron chi connectivity index (χ3n) is 1.69. The predicted molar refractivity (Wildman–Crippen MR) is 54.6 cm³/mol. The van der Waals surface area contributed by atoms with Crippen molar-refractivity contribution in [1.82, 2.24) is 0 Å². The van der Waals surface area contributed by atoms with Gasteiger partial charge in [0.2, 0.25) is 0 Å². The van der Waals surface area contributed by atoms with Crippen molar-refractivity contribution in [3.8, 4) is 0 Å². The summed E-state index contributed by atoms with van der Waals surface area (Å²) in [6.45, 7) is 5.06. The molecule has 0 aromatic carbocycles. The molecular formula is C11H15N. The summed E-state index contributed by atoms with van der Waals surface area (Å²) in [4.78, 5) is 4.39. The van der Waals surface area contributed by atoms with E-state index in [1.807, 2.05) is 6.08 Å². The zero-order valence-corrected chi connectivity index (χ0v) is 7.75. The van der Waals surface area contributed by atoms with Gasteiger partial charge < -0.3 is 0 Å². The first-order valence-electron chi connectivity index (χ1n) is 4.48. The van der Waals surface area contributed by atoms with Gasteiger partial charge in [0.1, 0.15) is 0 Å². The van der Waals surface area contributed by atoms with Crippen LogP contribution in [0.1, 0.15) is 20.3 Å². The summed E-state index contributed by atoms with van der Waals surface area (Å²) in [5, 5.41) is 0. The largest absolute Gasteiger partial charge is 0.285 e. The molecule has 0 bridgehead atoms. The van der Waals surface area contributed by atoms with Crippen LogP contribution >= 0.6 is 0 Å². The van der Waals surface area contributed by atoms with Gasteiger partial charge in [-0.1, -0.05) is 31.2 Å². The maximum atomic E-state index is 4.39. The maximum absolute atomic E-state index is 4.39. The highest BCUT2D eigenvalue weighted by Gasteiger charge is 2.00. The molecule has 0 saturated carbocycles. The molecule has 1 heteroatoms. The lowest BCUT2D eigenvalue weighted by Gasteiger charge is -2.05. The van der Waals surface area contributed by atoms with Gasteiger partial charge in [0.25, 0.3) is 0 Å².